The third kappa shape index (κ3) is 4.71. The number of aryl methyl sites for hydroxylation is 1. The average molecular weight is 499 g/mol. The Hall–Kier alpha value is -4.07. The zero-order valence-electron chi connectivity index (χ0n) is 19.6. The number of anilines is 2. The molecule has 0 amide bonds. The molecule has 4 rings (SSSR count). The Kier molecular flexibility index (Phi) is 6.63. The Morgan fingerprint density at radius 3 is 2.56 bits per heavy atom. The molecule has 1 saturated heterocycles. The van der Waals surface area contributed by atoms with Crippen LogP contribution in [0.1, 0.15) is 52.9 Å². The maximum Gasteiger partial charge on any atom is 0.391 e. The number of carboxylic acid groups (broad SMARTS) is 1. The van der Waals surface area contributed by atoms with Gasteiger partial charge in [0.1, 0.15) is 11.7 Å². The van der Waals surface area contributed by atoms with E-state index in [1.807, 2.05) is 6.07 Å². The standard InChI is InChI=1S/C25H24F3N5O3/c1-14-11-18(15(2)30-20-6-4-3-5-17(20)24(35)36)22-31-21(19(12-29)23(34)33(22)13-14)32-9-7-16(8-10-32)25(26,27)28/h3-6,11,13,15-16,30H,7-10H2,1-2H3,(H,35,36). The molecule has 3 aromatic rings. The lowest BCUT2D eigenvalue weighted by Gasteiger charge is -2.34. The number of pyridine rings is 1. The van der Waals surface area contributed by atoms with Gasteiger partial charge in [-0.3, -0.25) is 9.20 Å². The van der Waals surface area contributed by atoms with Crippen molar-refractivity contribution in [2.45, 2.75) is 38.9 Å². The topological polar surface area (TPSA) is 111 Å². The number of carbonyl (C=O) groups is 1. The highest BCUT2D eigenvalue weighted by Gasteiger charge is 2.41. The second-order valence-corrected chi connectivity index (χ2v) is 8.91. The number of hydrogen-bond acceptors (Lipinski definition) is 6. The van der Waals surface area contributed by atoms with Gasteiger partial charge in [0.15, 0.2) is 11.4 Å². The summed E-state index contributed by atoms with van der Waals surface area (Å²) in [6, 6.07) is 9.59. The molecule has 2 N–H and O–H groups in total. The highest BCUT2D eigenvalue weighted by atomic mass is 19.4. The van der Waals surface area contributed by atoms with Crippen molar-refractivity contribution < 1.29 is 23.1 Å². The first kappa shape index (κ1) is 25.0. The number of hydrogen-bond donors (Lipinski definition) is 2. The second-order valence-electron chi connectivity index (χ2n) is 8.91. The molecule has 0 saturated carbocycles. The molecular formula is C25H24F3N5O3. The summed E-state index contributed by atoms with van der Waals surface area (Å²) in [5, 5.41) is 22.4. The van der Waals surface area contributed by atoms with Crippen molar-refractivity contribution in [1.82, 2.24) is 9.38 Å². The predicted molar refractivity (Wildman–Crippen MR) is 127 cm³/mol. The van der Waals surface area contributed by atoms with E-state index in [0.29, 0.717) is 16.8 Å². The van der Waals surface area contributed by atoms with Crippen LogP contribution in [0.4, 0.5) is 24.7 Å². The molecule has 2 aromatic heterocycles. The normalized spacial score (nSPS) is 15.5. The van der Waals surface area contributed by atoms with Crippen LogP contribution in [0.25, 0.3) is 5.65 Å². The fourth-order valence-electron chi connectivity index (χ4n) is 4.57. The van der Waals surface area contributed by atoms with E-state index in [0.717, 1.165) is 0 Å². The van der Waals surface area contributed by atoms with Gasteiger partial charge in [-0.25, -0.2) is 9.78 Å². The molecule has 0 bridgehead atoms. The minimum Gasteiger partial charge on any atom is -0.478 e. The molecule has 0 aliphatic carbocycles. The fourth-order valence-corrected chi connectivity index (χ4v) is 4.57. The number of nitrogens with zero attached hydrogens (tertiary/aromatic N) is 4. The van der Waals surface area contributed by atoms with Crippen molar-refractivity contribution in [2.75, 3.05) is 23.3 Å². The van der Waals surface area contributed by atoms with E-state index in [1.165, 1.54) is 10.5 Å². The van der Waals surface area contributed by atoms with Gasteiger partial charge in [0.05, 0.1) is 17.5 Å². The first-order valence-electron chi connectivity index (χ1n) is 11.4. The Morgan fingerprint density at radius 2 is 1.94 bits per heavy atom. The number of aromatic carboxylic acids is 1. The quantitative estimate of drug-likeness (QED) is 0.531. The van der Waals surface area contributed by atoms with E-state index in [2.05, 4.69) is 10.3 Å². The van der Waals surface area contributed by atoms with E-state index in [-0.39, 0.29) is 48.5 Å². The van der Waals surface area contributed by atoms with Crippen molar-refractivity contribution in [3.63, 3.8) is 0 Å². The van der Waals surface area contributed by atoms with Gasteiger partial charge in [-0.05, 0) is 50.5 Å². The highest BCUT2D eigenvalue weighted by Crippen LogP contribution is 2.36. The van der Waals surface area contributed by atoms with Crippen LogP contribution in [-0.4, -0.2) is 39.7 Å². The van der Waals surface area contributed by atoms with Crippen LogP contribution in [0, 0.1) is 24.2 Å². The van der Waals surface area contributed by atoms with Crippen molar-refractivity contribution in [3.8, 4) is 6.07 Å². The first-order valence-corrected chi connectivity index (χ1v) is 11.4. The maximum atomic E-state index is 13.3. The predicted octanol–water partition coefficient (Wildman–Crippen LogP) is 4.52. The van der Waals surface area contributed by atoms with Gasteiger partial charge in [0.25, 0.3) is 5.56 Å². The lowest BCUT2D eigenvalue weighted by Crippen LogP contribution is -2.40. The smallest absolute Gasteiger partial charge is 0.391 e. The summed E-state index contributed by atoms with van der Waals surface area (Å²) < 4.78 is 40.7. The molecule has 1 unspecified atom stereocenters. The van der Waals surface area contributed by atoms with Gasteiger partial charge < -0.3 is 15.3 Å². The van der Waals surface area contributed by atoms with E-state index in [4.69, 9.17) is 0 Å². The number of piperidine rings is 1. The minimum absolute atomic E-state index is 0.0163. The highest BCUT2D eigenvalue weighted by molar-refractivity contribution is 5.94. The number of nitrogens with one attached hydrogen (secondary N) is 1. The summed E-state index contributed by atoms with van der Waals surface area (Å²) in [6.45, 7) is 3.59. The third-order valence-electron chi connectivity index (χ3n) is 6.44. The number of benzene rings is 1. The van der Waals surface area contributed by atoms with Gasteiger partial charge >= 0.3 is 12.1 Å². The van der Waals surface area contributed by atoms with Crippen LogP contribution in [0.15, 0.2) is 41.3 Å². The number of fused-ring (bicyclic) bond motifs is 1. The fraction of sp³-hybridized carbons (Fsp3) is 0.360. The number of rotatable bonds is 5. The van der Waals surface area contributed by atoms with Crippen molar-refractivity contribution in [2.24, 2.45) is 5.92 Å². The molecule has 8 nitrogen and oxygen atoms in total. The summed E-state index contributed by atoms with van der Waals surface area (Å²) in [7, 11) is 0. The number of aromatic nitrogens is 2. The van der Waals surface area contributed by atoms with Crippen LogP contribution >= 0.6 is 0 Å². The van der Waals surface area contributed by atoms with E-state index >= 15 is 0 Å². The molecule has 36 heavy (non-hydrogen) atoms. The molecule has 1 aliphatic heterocycles. The van der Waals surface area contributed by atoms with Crippen molar-refractivity contribution in [3.05, 3.63) is 69.1 Å². The minimum atomic E-state index is -4.29. The number of nitriles is 1. The van der Waals surface area contributed by atoms with Gasteiger partial charge in [-0.15, -0.1) is 0 Å². The van der Waals surface area contributed by atoms with Gasteiger partial charge in [-0.1, -0.05) is 12.1 Å². The monoisotopic (exact) mass is 499 g/mol. The summed E-state index contributed by atoms with van der Waals surface area (Å²) in [5.74, 6) is -2.47. The number of alkyl halides is 3. The molecule has 0 radical (unpaired) electrons. The molecule has 1 aliphatic rings. The maximum absolute atomic E-state index is 13.3. The van der Waals surface area contributed by atoms with E-state index in [1.54, 1.807) is 49.2 Å². The Bertz CT molecular complexity index is 1420. The largest absolute Gasteiger partial charge is 0.478 e. The number of para-hydroxylation sites is 1. The first-order chi connectivity index (χ1) is 17.0. The summed E-state index contributed by atoms with van der Waals surface area (Å²) in [4.78, 5) is 31.1. The van der Waals surface area contributed by atoms with Crippen LogP contribution in [-0.2, 0) is 0 Å². The van der Waals surface area contributed by atoms with Crippen LogP contribution < -0.4 is 15.8 Å². The third-order valence-corrected chi connectivity index (χ3v) is 6.44. The average Bonchev–Trinajstić information content (AvgIpc) is 2.83. The molecular weight excluding hydrogens is 475 g/mol. The number of halogens is 3. The summed E-state index contributed by atoms with van der Waals surface area (Å²) in [6.07, 6.45) is -3.05. The van der Waals surface area contributed by atoms with Crippen molar-refractivity contribution in [1.29, 1.82) is 5.26 Å². The Labute approximate surface area is 204 Å². The summed E-state index contributed by atoms with van der Waals surface area (Å²) in [5.41, 5.74) is 1.14. The van der Waals surface area contributed by atoms with E-state index < -0.39 is 29.7 Å². The van der Waals surface area contributed by atoms with Crippen molar-refractivity contribution >= 4 is 23.1 Å². The second kappa shape index (κ2) is 9.53. The van der Waals surface area contributed by atoms with Crippen LogP contribution in [0.2, 0.25) is 0 Å². The zero-order valence-corrected chi connectivity index (χ0v) is 19.6. The molecule has 1 atom stereocenters. The molecule has 1 fully saturated rings. The lowest BCUT2D eigenvalue weighted by atomic mass is 9.96. The SMILES string of the molecule is Cc1cc(C(C)Nc2ccccc2C(=O)O)c2nc(N3CCC(C(F)(F)F)CC3)c(C#N)c(=O)n2c1. The van der Waals surface area contributed by atoms with Gasteiger partial charge in [0, 0.05) is 30.5 Å². The molecule has 0 spiro atoms. The molecule has 11 heteroatoms. The van der Waals surface area contributed by atoms with Gasteiger partial charge in [-0.2, -0.15) is 18.4 Å². The van der Waals surface area contributed by atoms with Gasteiger partial charge in [0.2, 0.25) is 0 Å². The van der Waals surface area contributed by atoms with Crippen LogP contribution in [0.5, 0.6) is 0 Å². The van der Waals surface area contributed by atoms with Crippen LogP contribution in [0.3, 0.4) is 0 Å². The Morgan fingerprint density at radius 1 is 1.28 bits per heavy atom. The van der Waals surface area contributed by atoms with E-state index in [9.17, 15) is 33.1 Å². The molecule has 188 valence electrons. The summed E-state index contributed by atoms with van der Waals surface area (Å²) >= 11 is 0. The lowest BCUT2D eigenvalue weighted by molar-refractivity contribution is -0.179. The zero-order chi connectivity index (χ0) is 26.2. The number of carboxylic acids is 1. The Balaban J connectivity index is 1.79. The molecule has 3 heterocycles. The molecule has 1 aromatic carbocycles.